The summed E-state index contributed by atoms with van der Waals surface area (Å²) in [4.78, 5) is 4.92. The van der Waals surface area contributed by atoms with E-state index in [0.29, 0.717) is 18.4 Å². The lowest BCUT2D eigenvalue weighted by Gasteiger charge is -2.47. The predicted molar refractivity (Wildman–Crippen MR) is 129 cm³/mol. The molecule has 0 saturated carbocycles. The first-order valence-electron chi connectivity index (χ1n) is 12.3. The lowest BCUT2D eigenvalue weighted by Crippen LogP contribution is -2.46. The van der Waals surface area contributed by atoms with Crippen molar-refractivity contribution in [2.24, 2.45) is 11.8 Å². The van der Waals surface area contributed by atoms with Gasteiger partial charge in [-0.25, -0.2) is 0 Å². The fourth-order valence-corrected chi connectivity index (χ4v) is 6.37. The van der Waals surface area contributed by atoms with Gasteiger partial charge in [-0.15, -0.1) is 0 Å². The van der Waals surface area contributed by atoms with Crippen LogP contribution < -0.4 is 9.64 Å². The van der Waals surface area contributed by atoms with Crippen molar-refractivity contribution < 1.29 is 14.9 Å². The van der Waals surface area contributed by atoms with Crippen molar-refractivity contribution in [3.05, 3.63) is 59.7 Å². The van der Waals surface area contributed by atoms with Crippen LogP contribution >= 0.6 is 0 Å². The molecule has 6 heteroatoms. The number of aromatic hydroxyl groups is 2. The summed E-state index contributed by atoms with van der Waals surface area (Å²) < 4.78 is 7.27. The van der Waals surface area contributed by atoms with Gasteiger partial charge in [-0.1, -0.05) is 36.4 Å². The zero-order valence-electron chi connectivity index (χ0n) is 19.2. The Bertz CT molecular complexity index is 1050. The molecule has 0 radical (unpaired) electrons. The number of unbranched alkanes of at least 4 members (excludes halogenated alkanes) is 1. The Morgan fingerprint density at radius 2 is 1.42 bits per heavy atom. The average Bonchev–Trinajstić information content (AvgIpc) is 3.08. The normalized spacial score (nSPS) is 27.4. The minimum absolute atomic E-state index is 0.215. The fourth-order valence-electron chi connectivity index (χ4n) is 6.37. The highest BCUT2D eigenvalue weighted by Gasteiger charge is 2.49. The van der Waals surface area contributed by atoms with Crippen LogP contribution in [0, 0.1) is 11.8 Å². The third-order valence-corrected chi connectivity index (χ3v) is 8.21. The summed E-state index contributed by atoms with van der Waals surface area (Å²) in [6, 6.07) is 8.23. The van der Waals surface area contributed by atoms with Gasteiger partial charge in [0, 0.05) is 55.7 Å². The summed E-state index contributed by atoms with van der Waals surface area (Å²) in [5, 5.41) is 21.9. The van der Waals surface area contributed by atoms with Gasteiger partial charge in [0.05, 0.1) is 12.8 Å². The van der Waals surface area contributed by atoms with E-state index in [4.69, 9.17) is 4.74 Å². The van der Waals surface area contributed by atoms with Crippen molar-refractivity contribution in [3.8, 4) is 17.5 Å². The smallest absolute Gasteiger partial charge is 0.198 e. The highest BCUT2D eigenvalue weighted by atomic mass is 16.5. The van der Waals surface area contributed by atoms with Gasteiger partial charge < -0.3 is 19.8 Å². The second-order valence-corrected chi connectivity index (χ2v) is 9.81. The highest BCUT2D eigenvalue weighted by molar-refractivity contribution is 5.60. The van der Waals surface area contributed by atoms with Gasteiger partial charge in [0.25, 0.3) is 0 Å². The number of allylic oxidation sites excluding steroid dienone is 4. The number of nitrogens with zero attached hydrogens (tertiary/aromatic N) is 3. The number of hydrogen-bond donors (Lipinski definition) is 2. The quantitative estimate of drug-likeness (QED) is 0.495. The molecule has 2 bridgehead atoms. The number of para-hydroxylation sites is 2. The Labute approximate surface area is 195 Å². The molecule has 33 heavy (non-hydrogen) atoms. The third kappa shape index (κ3) is 3.26. The van der Waals surface area contributed by atoms with Crippen LogP contribution in [0.25, 0.3) is 0 Å². The molecule has 0 amide bonds. The fraction of sp³-hybridized carbons (Fsp3) is 0.481. The van der Waals surface area contributed by atoms with E-state index < -0.39 is 0 Å². The number of rotatable bonds is 7. The van der Waals surface area contributed by atoms with Crippen molar-refractivity contribution in [2.45, 2.75) is 31.2 Å². The average molecular weight is 448 g/mol. The second-order valence-electron chi connectivity index (χ2n) is 9.81. The zero-order valence-corrected chi connectivity index (χ0v) is 19.2. The van der Waals surface area contributed by atoms with Crippen molar-refractivity contribution in [1.29, 1.82) is 0 Å². The van der Waals surface area contributed by atoms with Crippen molar-refractivity contribution in [1.82, 2.24) is 9.47 Å². The van der Waals surface area contributed by atoms with E-state index in [-0.39, 0.29) is 23.6 Å². The molecule has 1 fully saturated rings. The number of ether oxygens (including phenoxy) is 1. The van der Waals surface area contributed by atoms with Crippen LogP contribution in [0.2, 0.25) is 0 Å². The molecule has 1 aromatic carbocycles. The van der Waals surface area contributed by atoms with E-state index in [1.807, 2.05) is 12.1 Å². The van der Waals surface area contributed by atoms with Crippen LogP contribution in [0.3, 0.4) is 0 Å². The maximum atomic E-state index is 11.0. The molecular formula is C27H33N3O3. The first-order chi connectivity index (χ1) is 16.2. The van der Waals surface area contributed by atoms with Gasteiger partial charge in [0.15, 0.2) is 11.8 Å². The molecule has 4 atom stereocenters. The number of benzene rings is 1. The Kier molecular flexibility index (Phi) is 5.13. The Morgan fingerprint density at radius 3 is 2.03 bits per heavy atom. The highest BCUT2D eigenvalue weighted by Crippen LogP contribution is 2.61. The Hall–Kier alpha value is -2.86. The summed E-state index contributed by atoms with van der Waals surface area (Å²) in [7, 11) is 1.73. The first-order valence-corrected chi connectivity index (χ1v) is 12.3. The minimum atomic E-state index is 0.215. The van der Waals surface area contributed by atoms with Crippen molar-refractivity contribution in [2.75, 3.05) is 44.7 Å². The van der Waals surface area contributed by atoms with E-state index in [2.05, 4.69) is 46.2 Å². The molecule has 2 heterocycles. The molecule has 0 spiro atoms. The molecule has 4 unspecified atom stereocenters. The number of aromatic nitrogens is 1. The van der Waals surface area contributed by atoms with Crippen LogP contribution in [-0.2, 0) is 6.54 Å². The van der Waals surface area contributed by atoms with Crippen molar-refractivity contribution >= 4 is 5.69 Å². The van der Waals surface area contributed by atoms with E-state index in [0.717, 1.165) is 62.4 Å². The summed E-state index contributed by atoms with van der Waals surface area (Å²) in [5.41, 5.74) is 3.12. The van der Waals surface area contributed by atoms with Gasteiger partial charge in [0.1, 0.15) is 5.75 Å². The van der Waals surface area contributed by atoms with Gasteiger partial charge >= 0.3 is 0 Å². The van der Waals surface area contributed by atoms with Crippen LogP contribution in [0.4, 0.5) is 5.69 Å². The summed E-state index contributed by atoms with van der Waals surface area (Å²) in [5.74, 6) is 2.91. The molecular weight excluding hydrogens is 414 g/mol. The molecule has 1 saturated heterocycles. The Balaban J connectivity index is 1.03. The van der Waals surface area contributed by atoms with Crippen LogP contribution in [0.15, 0.2) is 48.6 Å². The molecule has 4 aliphatic carbocycles. The summed E-state index contributed by atoms with van der Waals surface area (Å²) in [6.45, 7) is 5.78. The molecule has 1 aliphatic heterocycles. The number of hydrogen-bond acceptors (Lipinski definition) is 5. The van der Waals surface area contributed by atoms with Gasteiger partial charge in [-0.05, 0) is 43.4 Å². The van der Waals surface area contributed by atoms with Gasteiger partial charge in [-0.2, -0.15) is 0 Å². The Morgan fingerprint density at radius 1 is 0.818 bits per heavy atom. The predicted octanol–water partition coefficient (Wildman–Crippen LogP) is 4.06. The topological polar surface area (TPSA) is 61.1 Å². The summed E-state index contributed by atoms with van der Waals surface area (Å²) >= 11 is 0. The molecule has 7 rings (SSSR count). The van der Waals surface area contributed by atoms with Crippen LogP contribution in [0.1, 0.15) is 35.8 Å². The van der Waals surface area contributed by atoms with E-state index in [1.165, 1.54) is 5.69 Å². The molecule has 2 N–H and O–H groups in total. The standard InChI is InChI=1S/C27H33N3O3/c1-33-23-7-3-2-6-22(23)29-16-14-28(15-17-29)12-4-5-13-30-26(31)24-20-10-11-21(25(24)27(30)32)19-9-8-18(19)20/h2-3,6-11,18-21,31-32H,4-5,12-17H2,1H3. The minimum Gasteiger partial charge on any atom is -0.495 e. The molecule has 6 nitrogen and oxygen atoms in total. The van der Waals surface area contributed by atoms with Gasteiger partial charge in [-0.3, -0.25) is 9.47 Å². The third-order valence-electron chi connectivity index (χ3n) is 8.21. The second kappa shape index (κ2) is 8.17. The molecule has 5 aliphatic rings. The SMILES string of the molecule is COc1ccccc1N1CCN(CCCCn2c(O)c3c(c2O)C2C=CC3C3C=CC23)CC1. The first kappa shape index (κ1) is 20.7. The van der Waals surface area contributed by atoms with Crippen molar-refractivity contribution in [3.63, 3.8) is 0 Å². The van der Waals surface area contributed by atoms with Crippen LogP contribution in [-0.4, -0.2) is 59.5 Å². The zero-order chi connectivity index (χ0) is 22.5. The van der Waals surface area contributed by atoms with E-state index in [1.54, 1.807) is 11.7 Å². The monoisotopic (exact) mass is 447 g/mol. The molecule has 1 aromatic heterocycles. The number of anilines is 1. The number of methoxy groups -OCH3 is 1. The lowest BCUT2D eigenvalue weighted by atomic mass is 9.56. The molecule has 2 aromatic rings. The number of piperazine rings is 1. The van der Waals surface area contributed by atoms with Crippen LogP contribution in [0.5, 0.6) is 17.5 Å². The lowest BCUT2D eigenvalue weighted by molar-refractivity contribution is 0.249. The summed E-state index contributed by atoms with van der Waals surface area (Å²) in [6.07, 6.45) is 11.0. The van der Waals surface area contributed by atoms with E-state index in [9.17, 15) is 10.2 Å². The molecule has 174 valence electrons. The maximum absolute atomic E-state index is 11.0. The largest absolute Gasteiger partial charge is 0.495 e. The van der Waals surface area contributed by atoms with E-state index >= 15 is 0 Å². The van der Waals surface area contributed by atoms with Gasteiger partial charge in [0.2, 0.25) is 0 Å². The maximum Gasteiger partial charge on any atom is 0.198 e.